The van der Waals surface area contributed by atoms with Crippen molar-refractivity contribution in [1.29, 1.82) is 0 Å². The van der Waals surface area contributed by atoms with Gasteiger partial charge in [-0.3, -0.25) is 9.59 Å². The smallest absolute Gasteiger partial charge is 0.304 e. The molecular weight excluding hydrogens is 422 g/mol. The number of hydrogen-bond donors (Lipinski definition) is 0. The first-order valence-electron chi connectivity index (χ1n) is 10.4. The molecule has 0 radical (unpaired) electrons. The molecule has 2 heterocycles. The molecule has 33 heavy (non-hydrogen) atoms. The van der Waals surface area contributed by atoms with Crippen LogP contribution in [0.1, 0.15) is 35.8 Å². The van der Waals surface area contributed by atoms with Crippen LogP contribution in [-0.4, -0.2) is 35.0 Å². The number of fused-ring (bicyclic) bond motifs is 2. The number of rotatable bonds is 6. The van der Waals surface area contributed by atoms with Gasteiger partial charge in [0.05, 0.1) is 0 Å². The van der Waals surface area contributed by atoms with E-state index in [1.54, 1.807) is 37.3 Å². The third-order valence-electron chi connectivity index (χ3n) is 5.33. The lowest BCUT2D eigenvalue weighted by molar-refractivity contribution is -0.584. The van der Waals surface area contributed by atoms with Gasteiger partial charge < -0.3 is 19.3 Å². The molecule has 0 spiro atoms. The van der Waals surface area contributed by atoms with Crippen LogP contribution in [0.2, 0.25) is 0 Å². The third kappa shape index (κ3) is 4.55. The number of esters is 1. The summed E-state index contributed by atoms with van der Waals surface area (Å²) >= 11 is 0. The van der Waals surface area contributed by atoms with Gasteiger partial charge in [-0.2, -0.15) is 4.73 Å². The van der Waals surface area contributed by atoms with Gasteiger partial charge in [-0.05, 0) is 30.7 Å². The lowest BCUT2D eigenvalue weighted by Crippen LogP contribution is -2.40. The number of furan rings is 1. The van der Waals surface area contributed by atoms with Crippen LogP contribution in [0, 0.1) is 12.1 Å². The van der Waals surface area contributed by atoms with E-state index in [-0.39, 0.29) is 24.7 Å². The zero-order valence-electron chi connectivity index (χ0n) is 18.6. The van der Waals surface area contributed by atoms with Gasteiger partial charge in [0.15, 0.2) is 12.4 Å². The number of nitrogens with zero attached hydrogens (tertiary/aromatic N) is 3. The van der Waals surface area contributed by atoms with Crippen LogP contribution in [0.25, 0.3) is 27.6 Å². The summed E-state index contributed by atoms with van der Waals surface area (Å²) in [5, 5.41) is 13.7. The molecule has 8 heteroatoms. The summed E-state index contributed by atoms with van der Waals surface area (Å²) in [5.74, 6) is -0.362. The normalized spacial score (nSPS) is 11.7. The van der Waals surface area contributed by atoms with Crippen molar-refractivity contribution < 1.29 is 23.5 Å². The molecule has 0 atom stereocenters. The minimum atomic E-state index is -0.520. The number of carbonyl (C=O) groups excluding carboxylic acids is 2. The molecule has 0 aliphatic rings. The first-order chi connectivity index (χ1) is 15.8. The van der Waals surface area contributed by atoms with Gasteiger partial charge >= 0.3 is 5.97 Å². The lowest BCUT2D eigenvalue weighted by Gasteiger charge is -2.21. The topological polar surface area (TPSA) is 99.6 Å². The molecular formula is C25H23N3O5. The third-order valence-corrected chi connectivity index (χ3v) is 5.33. The van der Waals surface area contributed by atoms with Crippen LogP contribution < -0.4 is 4.73 Å². The van der Waals surface area contributed by atoms with E-state index < -0.39 is 11.9 Å². The Morgan fingerprint density at radius 1 is 1.15 bits per heavy atom. The van der Waals surface area contributed by atoms with Crippen LogP contribution in [0.5, 0.6) is 0 Å². The second kappa shape index (κ2) is 9.12. The molecule has 8 nitrogen and oxygen atoms in total. The number of aromatic nitrogens is 2. The van der Waals surface area contributed by atoms with E-state index in [0.717, 1.165) is 16.5 Å². The fraction of sp³-hybridized carbons (Fsp3) is 0.200. The summed E-state index contributed by atoms with van der Waals surface area (Å²) in [7, 11) is 0. The van der Waals surface area contributed by atoms with E-state index in [9.17, 15) is 14.8 Å². The highest BCUT2D eigenvalue weighted by atomic mass is 16.5. The molecule has 0 saturated carbocycles. The number of benzene rings is 2. The van der Waals surface area contributed by atoms with E-state index in [2.05, 4.69) is 4.98 Å². The predicted octanol–water partition coefficient (Wildman–Crippen LogP) is 3.99. The highest BCUT2D eigenvalue weighted by Gasteiger charge is 2.26. The molecule has 4 rings (SSSR count). The first kappa shape index (κ1) is 22.0. The summed E-state index contributed by atoms with van der Waals surface area (Å²) in [5.41, 5.74) is 2.54. The molecule has 2 aromatic carbocycles. The van der Waals surface area contributed by atoms with Crippen molar-refractivity contribution >= 4 is 39.5 Å². The molecule has 0 fully saturated rings. The van der Waals surface area contributed by atoms with Crippen LogP contribution in [0.15, 0.2) is 65.1 Å². The molecule has 0 aliphatic heterocycles. The molecule has 0 N–H and O–H groups in total. The maximum atomic E-state index is 13.3. The second-order valence-corrected chi connectivity index (χ2v) is 7.66. The predicted molar refractivity (Wildman–Crippen MR) is 123 cm³/mol. The fourth-order valence-corrected chi connectivity index (χ4v) is 3.45. The van der Waals surface area contributed by atoms with Crippen molar-refractivity contribution in [2.24, 2.45) is 0 Å². The number of ether oxygens (including phenoxy) is 1. The van der Waals surface area contributed by atoms with Crippen LogP contribution in [0.4, 0.5) is 0 Å². The molecule has 0 unspecified atom stereocenters. The van der Waals surface area contributed by atoms with Gasteiger partial charge in [0.2, 0.25) is 11.2 Å². The Hall–Kier alpha value is -4.20. The number of hydrogen-bond acceptors (Lipinski definition) is 6. The molecule has 0 aliphatic carbocycles. The van der Waals surface area contributed by atoms with Crippen LogP contribution in [0.3, 0.4) is 0 Å². The van der Waals surface area contributed by atoms with E-state index >= 15 is 0 Å². The Morgan fingerprint density at radius 2 is 1.88 bits per heavy atom. The molecule has 168 valence electrons. The quantitative estimate of drug-likeness (QED) is 0.193. The van der Waals surface area contributed by atoms with Crippen molar-refractivity contribution in [3.05, 3.63) is 83.0 Å². The summed E-state index contributed by atoms with van der Waals surface area (Å²) < 4.78 is 11.7. The number of para-hydroxylation sites is 3. The zero-order chi connectivity index (χ0) is 23.5. The van der Waals surface area contributed by atoms with Crippen molar-refractivity contribution in [1.82, 2.24) is 9.88 Å². The largest absolute Gasteiger partial charge is 0.618 e. The molecule has 4 aromatic rings. The molecule has 0 saturated heterocycles. The molecule has 0 bridgehead atoms. The Bertz CT molecular complexity index is 1360. The average Bonchev–Trinajstić information content (AvgIpc) is 3.25. The zero-order valence-corrected chi connectivity index (χ0v) is 18.6. The van der Waals surface area contributed by atoms with E-state index in [1.165, 1.54) is 11.8 Å². The maximum absolute atomic E-state index is 13.3. The van der Waals surface area contributed by atoms with Gasteiger partial charge in [-0.1, -0.05) is 36.4 Å². The SMILES string of the molecule is CC(=O)OCN(CC=C(C)c1cc2ccccc2o1)C(=O)c1nc2ccccc2[n+]([O-])c1C. The van der Waals surface area contributed by atoms with Gasteiger partial charge in [0, 0.05) is 31.8 Å². The van der Waals surface area contributed by atoms with Crippen LogP contribution >= 0.6 is 0 Å². The van der Waals surface area contributed by atoms with E-state index in [0.29, 0.717) is 21.5 Å². The average molecular weight is 445 g/mol. The summed E-state index contributed by atoms with van der Waals surface area (Å²) in [6.07, 6.45) is 1.81. The highest BCUT2D eigenvalue weighted by Crippen LogP contribution is 2.24. The van der Waals surface area contributed by atoms with Crippen molar-refractivity contribution in [3.63, 3.8) is 0 Å². The first-order valence-corrected chi connectivity index (χ1v) is 10.4. The van der Waals surface area contributed by atoms with Crippen molar-refractivity contribution in [3.8, 4) is 0 Å². The maximum Gasteiger partial charge on any atom is 0.304 e. The van der Waals surface area contributed by atoms with Crippen molar-refractivity contribution in [2.75, 3.05) is 13.3 Å². The monoisotopic (exact) mass is 445 g/mol. The van der Waals surface area contributed by atoms with Gasteiger partial charge in [0.1, 0.15) is 16.9 Å². The number of amides is 1. The van der Waals surface area contributed by atoms with Gasteiger partial charge in [0.25, 0.3) is 5.91 Å². The van der Waals surface area contributed by atoms with Crippen LogP contribution in [-0.2, 0) is 9.53 Å². The number of carbonyl (C=O) groups is 2. The van der Waals surface area contributed by atoms with E-state index in [4.69, 9.17) is 9.15 Å². The van der Waals surface area contributed by atoms with Crippen molar-refractivity contribution in [2.45, 2.75) is 20.8 Å². The number of allylic oxidation sites excluding steroid dienone is 1. The fourth-order valence-electron chi connectivity index (χ4n) is 3.45. The van der Waals surface area contributed by atoms with E-state index in [1.807, 2.05) is 37.3 Å². The van der Waals surface area contributed by atoms with Gasteiger partial charge in [-0.15, -0.1) is 0 Å². The lowest BCUT2D eigenvalue weighted by atomic mass is 10.2. The minimum absolute atomic E-state index is 0.00522. The Morgan fingerprint density at radius 3 is 2.64 bits per heavy atom. The standard InChI is InChI=1S/C25H23N3O5/c1-16(23-14-19-8-4-7-11-22(19)33-23)12-13-27(15-32-18(3)29)25(30)24-17(2)28(31)21-10-6-5-9-20(21)26-24/h4-12,14H,13,15H2,1-3H3. The Balaban J connectivity index is 1.65. The highest BCUT2D eigenvalue weighted by molar-refractivity contribution is 5.94. The molecule has 2 aromatic heterocycles. The summed E-state index contributed by atoms with van der Waals surface area (Å²) in [4.78, 5) is 30.5. The van der Waals surface area contributed by atoms with Gasteiger partial charge in [-0.25, -0.2) is 4.98 Å². The minimum Gasteiger partial charge on any atom is -0.618 e. The summed E-state index contributed by atoms with van der Waals surface area (Å²) in [6, 6.07) is 16.4. The Kier molecular flexibility index (Phi) is 6.08. The molecule has 1 amide bonds. The Labute approximate surface area is 190 Å². The summed E-state index contributed by atoms with van der Waals surface area (Å²) in [6.45, 7) is 4.53. The second-order valence-electron chi connectivity index (χ2n) is 7.66.